The molecule has 76 valence electrons. The molecule has 0 atom stereocenters. The molecular formula is C11H15NO2. The Morgan fingerprint density at radius 1 is 1.36 bits per heavy atom. The molecule has 0 fully saturated rings. The second-order valence-electron chi connectivity index (χ2n) is 4.25. The van der Waals surface area contributed by atoms with Crippen LogP contribution in [0.5, 0.6) is 5.75 Å². The molecule has 0 amide bonds. The van der Waals surface area contributed by atoms with Crippen molar-refractivity contribution in [2.75, 3.05) is 0 Å². The highest BCUT2D eigenvalue weighted by atomic mass is 16.5. The van der Waals surface area contributed by atoms with Gasteiger partial charge in [0.05, 0.1) is 6.20 Å². The smallest absolute Gasteiger partial charge is 0.308 e. The van der Waals surface area contributed by atoms with Crippen molar-refractivity contribution in [1.29, 1.82) is 0 Å². The molecule has 0 N–H and O–H groups in total. The Hall–Kier alpha value is -1.38. The molecule has 0 unspecified atom stereocenters. The van der Waals surface area contributed by atoms with Crippen molar-refractivity contribution in [2.24, 2.45) is 0 Å². The molecule has 0 saturated heterocycles. The lowest BCUT2D eigenvalue weighted by Gasteiger charge is -2.18. The number of ether oxygens (including phenoxy) is 1. The molecule has 3 heteroatoms. The number of hydrogen-bond donors (Lipinski definition) is 0. The normalized spacial score (nSPS) is 11.1. The van der Waals surface area contributed by atoms with Crippen LogP contribution in [0.4, 0.5) is 0 Å². The van der Waals surface area contributed by atoms with Gasteiger partial charge < -0.3 is 4.74 Å². The first-order chi connectivity index (χ1) is 6.39. The Morgan fingerprint density at radius 3 is 2.50 bits per heavy atom. The van der Waals surface area contributed by atoms with Crippen molar-refractivity contribution in [3.05, 3.63) is 24.0 Å². The van der Waals surface area contributed by atoms with Crippen molar-refractivity contribution in [3.8, 4) is 5.75 Å². The molecule has 0 aliphatic heterocycles. The zero-order chi connectivity index (χ0) is 10.8. The molecule has 14 heavy (non-hydrogen) atoms. The molecule has 0 aliphatic rings. The maximum absolute atomic E-state index is 10.7. The highest BCUT2D eigenvalue weighted by molar-refractivity contribution is 5.69. The van der Waals surface area contributed by atoms with Gasteiger partial charge >= 0.3 is 5.97 Å². The number of rotatable bonds is 1. The molecule has 0 saturated carbocycles. The lowest BCUT2D eigenvalue weighted by Crippen LogP contribution is -2.12. The minimum Gasteiger partial charge on any atom is -0.425 e. The van der Waals surface area contributed by atoms with Gasteiger partial charge in [-0.3, -0.25) is 9.78 Å². The van der Waals surface area contributed by atoms with Gasteiger partial charge in [-0.25, -0.2) is 0 Å². The maximum atomic E-state index is 10.7. The van der Waals surface area contributed by atoms with Crippen LogP contribution >= 0.6 is 0 Å². The zero-order valence-electron chi connectivity index (χ0n) is 9.00. The van der Waals surface area contributed by atoms with E-state index in [4.69, 9.17) is 4.74 Å². The first kappa shape index (κ1) is 10.7. The van der Waals surface area contributed by atoms with Crippen LogP contribution in [0, 0.1) is 0 Å². The van der Waals surface area contributed by atoms with Crippen LogP contribution in [0.15, 0.2) is 18.5 Å². The maximum Gasteiger partial charge on any atom is 0.308 e. The van der Waals surface area contributed by atoms with Crippen LogP contribution in [0.3, 0.4) is 0 Å². The molecule has 3 nitrogen and oxygen atoms in total. The Morgan fingerprint density at radius 2 is 2.00 bits per heavy atom. The Bertz CT molecular complexity index is 339. The molecule has 1 rings (SSSR count). The van der Waals surface area contributed by atoms with E-state index in [0.29, 0.717) is 5.75 Å². The summed E-state index contributed by atoms with van der Waals surface area (Å²) in [4.78, 5) is 14.8. The van der Waals surface area contributed by atoms with E-state index in [-0.39, 0.29) is 11.4 Å². The second kappa shape index (κ2) is 3.78. The summed E-state index contributed by atoms with van der Waals surface area (Å²) in [6.45, 7) is 7.63. The van der Waals surface area contributed by atoms with Crippen molar-refractivity contribution in [2.45, 2.75) is 33.1 Å². The van der Waals surface area contributed by atoms with E-state index in [1.807, 2.05) is 6.07 Å². The Balaban J connectivity index is 2.95. The highest BCUT2D eigenvalue weighted by Gasteiger charge is 2.14. The van der Waals surface area contributed by atoms with Gasteiger partial charge in [-0.15, -0.1) is 0 Å². The molecule has 0 spiro atoms. The summed E-state index contributed by atoms with van der Waals surface area (Å²) >= 11 is 0. The molecule has 0 radical (unpaired) electrons. The van der Waals surface area contributed by atoms with Crippen molar-refractivity contribution >= 4 is 5.97 Å². The van der Waals surface area contributed by atoms with Crippen LogP contribution in [0.2, 0.25) is 0 Å². The molecule has 1 aromatic heterocycles. The lowest BCUT2D eigenvalue weighted by molar-refractivity contribution is -0.131. The quantitative estimate of drug-likeness (QED) is 0.642. The van der Waals surface area contributed by atoms with Gasteiger partial charge in [-0.05, 0) is 17.0 Å². The number of esters is 1. The average molecular weight is 193 g/mol. The summed E-state index contributed by atoms with van der Waals surface area (Å²) < 4.78 is 4.95. The minimum absolute atomic E-state index is 0.0170. The fraction of sp³-hybridized carbons (Fsp3) is 0.455. The molecule has 1 aromatic rings. The topological polar surface area (TPSA) is 39.2 Å². The largest absolute Gasteiger partial charge is 0.425 e. The molecule has 0 bridgehead atoms. The van der Waals surface area contributed by atoms with Gasteiger partial charge in [0.1, 0.15) is 5.75 Å². The highest BCUT2D eigenvalue weighted by Crippen LogP contribution is 2.24. The Kier molecular flexibility index (Phi) is 2.89. The Labute approximate surface area is 84.1 Å². The first-order valence-electron chi connectivity index (χ1n) is 4.53. The van der Waals surface area contributed by atoms with Crippen LogP contribution in [-0.4, -0.2) is 11.0 Å². The third kappa shape index (κ3) is 2.83. The summed E-state index contributed by atoms with van der Waals surface area (Å²) in [7, 11) is 0. The molecular weight excluding hydrogens is 178 g/mol. The monoisotopic (exact) mass is 193 g/mol. The van der Waals surface area contributed by atoms with Crippen LogP contribution in [0.25, 0.3) is 0 Å². The fourth-order valence-corrected chi connectivity index (χ4v) is 1.05. The molecule has 0 aliphatic carbocycles. The first-order valence-corrected chi connectivity index (χ1v) is 4.53. The van der Waals surface area contributed by atoms with Crippen molar-refractivity contribution < 1.29 is 9.53 Å². The number of aromatic nitrogens is 1. The number of hydrogen-bond acceptors (Lipinski definition) is 3. The third-order valence-electron chi connectivity index (χ3n) is 1.84. The summed E-state index contributed by atoms with van der Waals surface area (Å²) in [6, 6.07) is 1.84. The van der Waals surface area contributed by atoms with Crippen LogP contribution in [-0.2, 0) is 10.2 Å². The van der Waals surface area contributed by atoms with E-state index in [0.717, 1.165) is 5.56 Å². The second-order valence-corrected chi connectivity index (χ2v) is 4.25. The van der Waals surface area contributed by atoms with E-state index in [1.165, 1.54) is 13.1 Å². The fourth-order valence-electron chi connectivity index (χ4n) is 1.05. The predicted molar refractivity (Wildman–Crippen MR) is 54.2 cm³/mol. The predicted octanol–water partition coefficient (Wildman–Crippen LogP) is 2.30. The average Bonchev–Trinajstić information content (AvgIpc) is 2.01. The minimum atomic E-state index is -0.321. The SMILES string of the molecule is CC(=O)Oc1cncc(C(C)(C)C)c1. The standard InChI is InChI=1S/C11H15NO2/c1-8(13)14-10-5-9(6-12-7-10)11(2,3)4/h5-7H,1-4H3. The third-order valence-corrected chi connectivity index (χ3v) is 1.84. The van der Waals surface area contributed by atoms with Crippen LogP contribution in [0.1, 0.15) is 33.3 Å². The number of nitrogens with zero attached hydrogens (tertiary/aromatic N) is 1. The van der Waals surface area contributed by atoms with Gasteiger partial charge in [0, 0.05) is 13.1 Å². The molecule has 0 aromatic carbocycles. The van der Waals surface area contributed by atoms with Gasteiger partial charge in [0.25, 0.3) is 0 Å². The summed E-state index contributed by atoms with van der Waals surface area (Å²) in [6.07, 6.45) is 3.32. The summed E-state index contributed by atoms with van der Waals surface area (Å²) in [5.74, 6) is 0.183. The van der Waals surface area contributed by atoms with E-state index >= 15 is 0 Å². The summed E-state index contributed by atoms with van der Waals surface area (Å²) in [5, 5.41) is 0. The summed E-state index contributed by atoms with van der Waals surface area (Å²) in [5.41, 5.74) is 1.07. The number of carbonyl (C=O) groups is 1. The zero-order valence-corrected chi connectivity index (χ0v) is 9.00. The number of pyridine rings is 1. The lowest BCUT2D eigenvalue weighted by atomic mass is 9.88. The van der Waals surface area contributed by atoms with Crippen molar-refractivity contribution in [3.63, 3.8) is 0 Å². The van der Waals surface area contributed by atoms with Crippen molar-refractivity contribution in [1.82, 2.24) is 4.98 Å². The van der Waals surface area contributed by atoms with E-state index in [9.17, 15) is 4.79 Å². The number of carbonyl (C=O) groups excluding carboxylic acids is 1. The van der Waals surface area contributed by atoms with Crippen LogP contribution < -0.4 is 4.74 Å². The van der Waals surface area contributed by atoms with E-state index in [2.05, 4.69) is 25.8 Å². The van der Waals surface area contributed by atoms with Gasteiger partial charge in [0.2, 0.25) is 0 Å². The molecule has 1 heterocycles. The van der Waals surface area contributed by atoms with E-state index < -0.39 is 0 Å². The van der Waals surface area contributed by atoms with E-state index in [1.54, 1.807) is 6.20 Å². The van der Waals surface area contributed by atoms with Gasteiger partial charge in [-0.1, -0.05) is 20.8 Å². The van der Waals surface area contributed by atoms with Gasteiger partial charge in [-0.2, -0.15) is 0 Å². The van der Waals surface area contributed by atoms with Gasteiger partial charge in [0.15, 0.2) is 0 Å².